The largest absolute Gasteiger partial charge is 0.385 e. The van der Waals surface area contributed by atoms with Crippen molar-refractivity contribution in [1.82, 2.24) is 5.32 Å². The summed E-state index contributed by atoms with van der Waals surface area (Å²) in [5, 5.41) is 3.33. The number of hydrogen-bond donors (Lipinski definition) is 1. The van der Waals surface area contributed by atoms with Crippen LogP contribution in [0.5, 0.6) is 0 Å². The predicted octanol–water partition coefficient (Wildman–Crippen LogP) is 3.03. The van der Waals surface area contributed by atoms with Crippen LogP contribution in [-0.4, -0.2) is 33.9 Å². The molecule has 0 spiro atoms. The second-order valence-electron chi connectivity index (χ2n) is 4.33. The molecule has 1 aromatic rings. The number of benzene rings is 1. The summed E-state index contributed by atoms with van der Waals surface area (Å²) in [4.78, 5) is 2.25. The molecule has 0 atom stereocenters. The van der Waals surface area contributed by atoms with E-state index in [0.717, 1.165) is 37.1 Å². The number of methoxy groups -OCH3 is 1. The maximum atomic E-state index is 5.08. The van der Waals surface area contributed by atoms with Crippen molar-refractivity contribution >= 4 is 21.6 Å². The summed E-state index contributed by atoms with van der Waals surface area (Å²) < 4.78 is 6.23. The Kier molecular flexibility index (Phi) is 7.32. The van der Waals surface area contributed by atoms with E-state index in [1.807, 2.05) is 0 Å². The van der Waals surface area contributed by atoms with E-state index >= 15 is 0 Å². The molecule has 0 aromatic heterocycles. The van der Waals surface area contributed by atoms with Gasteiger partial charge in [-0.1, -0.05) is 13.0 Å². The summed E-state index contributed by atoms with van der Waals surface area (Å²) in [5.74, 6) is 0. The molecule has 0 saturated heterocycles. The third kappa shape index (κ3) is 4.96. The zero-order chi connectivity index (χ0) is 13.4. The number of halogens is 1. The molecule has 0 aliphatic carbocycles. The highest BCUT2D eigenvalue weighted by atomic mass is 79.9. The SMILES string of the molecule is CCNCc1ccc(N(C)CCCOC)c(Br)c1. The highest BCUT2D eigenvalue weighted by Gasteiger charge is 2.06. The predicted molar refractivity (Wildman–Crippen MR) is 81.3 cm³/mol. The molecule has 0 fully saturated rings. The Bertz CT molecular complexity index is 358. The Morgan fingerprint density at radius 3 is 2.78 bits per heavy atom. The zero-order valence-electron chi connectivity index (χ0n) is 11.5. The molecule has 0 bridgehead atoms. The van der Waals surface area contributed by atoms with Crippen molar-refractivity contribution in [3.63, 3.8) is 0 Å². The first-order valence-electron chi connectivity index (χ1n) is 6.38. The Morgan fingerprint density at radius 2 is 2.17 bits per heavy atom. The van der Waals surface area contributed by atoms with Crippen LogP contribution in [0.25, 0.3) is 0 Å². The van der Waals surface area contributed by atoms with Gasteiger partial charge in [-0.3, -0.25) is 0 Å². The van der Waals surface area contributed by atoms with Crippen molar-refractivity contribution in [2.75, 3.05) is 38.8 Å². The minimum absolute atomic E-state index is 0.806. The Labute approximate surface area is 119 Å². The summed E-state index contributed by atoms with van der Waals surface area (Å²) in [6.07, 6.45) is 1.04. The van der Waals surface area contributed by atoms with Gasteiger partial charge in [0.05, 0.1) is 5.69 Å². The third-order valence-electron chi connectivity index (χ3n) is 2.84. The van der Waals surface area contributed by atoms with Gasteiger partial charge in [-0.2, -0.15) is 0 Å². The first kappa shape index (κ1) is 15.5. The lowest BCUT2D eigenvalue weighted by molar-refractivity contribution is 0.196. The number of anilines is 1. The van der Waals surface area contributed by atoms with Gasteiger partial charge in [0.25, 0.3) is 0 Å². The van der Waals surface area contributed by atoms with Crippen molar-refractivity contribution in [1.29, 1.82) is 0 Å². The molecule has 18 heavy (non-hydrogen) atoms. The molecular weight excluding hydrogens is 292 g/mol. The lowest BCUT2D eigenvalue weighted by Gasteiger charge is -2.21. The summed E-state index contributed by atoms with van der Waals surface area (Å²) in [6, 6.07) is 6.53. The van der Waals surface area contributed by atoms with Gasteiger partial charge in [-0.15, -0.1) is 0 Å². The van der Waals surface area contributed by atoms with Gasteiger partial charge in [0.2, 0.25) is 0 Å². The molecule has 1 aromatic carbocycles. The molecule has 1 N–H and O–H groups in total. The van der Waals surface area contributed by atoms with Crippen LogP contribution in [0.15, 0.2) is 22.7 Å². The van der Waals surface area contributed by atoms with Gasteiger partial charge in [-0.05, 0) is 46.6 Å². The van der Waals surface area contributed by atoms with Crippen molar-refractivity contribution in [2.24, 2.45) is 0 Å². The average Bonchev–Trinajstić information content (AvgIpc) is 2.36. The maximum Gasteiger partial charge on any atom is 0.0508 e. The second-order valence-corrected chi connectivity index (χ2v) is 5.19. The van der Waals surface area contributed by atoms with Crippen LogP contribution < -0.4 is 10.2 Å². The molecule has 0 aliphatic rings. The van der Waals surface area contributed by atoms with E-state index in [9.17, 15) is 0 Å². The summed E-state index contributed by atoms with van der Waals surface area (Å²) >= 11 is 3.65. The lowest BCUT2D eigenvalue weighted by atomic mass is 10.2. The van der Waals surface area contributed by atoms with Crippen molar-refractivity contribution in [3.8, 4) is 0 Å². The van der Waals surface area contributed by atoms with Crippen LogP contribution in [0.3, 0.4) is 0 Å². The van der Waals surface area contributed by atoms with Crippen LogP contribution in [0, 0.1) is 0 Å². The summed E-state index contributed by atoms with van der Waals surface area (Å²) in [6.45, 7) is 5.84. The van der Waals surface area contributed by atoms with Crippen LogP contribution >= 0.6 is 15.9 Å². The van der Waals surface area contributed by atoms with E-state index in [1.54, 1.807) is 7.11 Å². The van der Waals surface area contributed by atoms with E-state index in [2.05, 4.69) is 58.3 Å². The lowest BCUT2D eigenvalue weighted by Crippen LogP contribution is -2.20. The van der Waals surface area contributed by atoms with Crippen molar-refractivity contribution in [3.05, 3.63) is 28.2 Å². The van der Waals surface area contributed by atoms with E-state index < -0.39 is 0 Å². The fraction of sp³-hybridized carbons (Fsp3) is 0.571. The zero-order valence-corrected chi connectivity index (χ0v) is 13.1. The van der Waals surface area contributed by atoms with Crippen LogP contribution in [-0.2, 0) is 11.3 Å². The van der Waals surface area contributed by atoms with Crippen LogP contribution in [0.1, 0.15) is 18.9 Å². The minimum atomic E-state index is 0.806. The van der Waals surface area contributed by atoms with Gasteiger partial charge < -0.3 is 15.0 Å². The molecule has 0 unspecified atom stereocenters. The summed E-state index contributed by atoms with van der Waals surface area (Å²) in [7, 11) is 3.85. The number of hydrogen-bond acceptors (Lipinski definition) is 3. The molecule has 0 saturated carbocycles. The Morgan fingerprint density at radius 1 is 1.39 bits per heavy atom. The smallest absolute Gasteiger partial charge is 0.0508 e. The van der Waals surface area contributed by atoms with E-state index in [1.165, 1.54) is 11.3 Å². The second kappa shape index (κ2) is 8.51. The fourth-order valence-corrected chi connectivity index (χ4v) is 2.53. The quantitative estimate of drug-likeness (QED) is 0.746. The van der Waals surface area contributed by atoms with Gasteiger partial charge in [0.1, 0.15) is 0 Å². The van der Waals surface area contributed by atoms with Gasteiger partial charge in [0, 0.05) is 38.3 Å². The number of nitrogens with zero attached hydrogens (tertiary/aromatic N) is 1. The molecule has 102 valence electrons. The Hall–Kier alpha value is -0.580. The number of rotatable bonds is 8. The van der Waals surface area contributed by atoms with E-state index in [-0.39, 0.29) is 0 Å². The van der Waals surface area contributed by atoms with Crippen molar-refractivity contribution in [2.45, 2.75) is 19.9 Å². The fourth-order valence-electron chi connectivity index (χ4n) is 1.81. The number of nitrogens with one attached hydrogen (secondary N) is 1. The molecular formula is C14H23BrN2O. The van der Waals surface area contributed by atoms with Crippen LogP contribution in [0.4, 0.5) is 5.69 Å². The molecule has 0 amide bonds. The van der Waals surface area contributed by atoms with Gasteiger partial charge >= 0.3 is 0 Å². The summed E-state index contributed by atoms with van der Waals surface area (Å²) in [5.41, 5.74) is 2.53. The first-order valence-corrected chi connectivity index (χ1v) is 7.17. The number of ether oxygens (including phenoxy) is 1. The standard InChI is InChI=1S/C14H23BrN2O/c1-4-16-11-12-6-7-14(13(15)10-12)17(2)8-5-9-18-3/h6-7,10,16H,4-5,8-9,11H2,1-3H3. The minimum Gasteiger partial charge on any atom is -0.385 e. The van der Waals surface area contributed by atoms with E-state index in [4.69, 9.17) is 4.74 Å². The maximum absolute atomic E-state index is 5.08. The van der Waals surface area contributed by atoms with Gasteiger partial charge in [-0.25, -0.2) is 0 Å². The molecule has 1 rings (SSSR count). The molecule has 4 heteroatoms. The Balaban J connectivity index is 2.60. The molecule has 0 aliphatic heterocycles. The highest BCUT2D eigenvalue weighted by molar-refractivity contribution is 9.10. The molecule has 0 radical (unpaired) electrons. The first-order chi connectivity index (χ1) is 8.69. The molecule has 3 nitrogen and oxygen atoms in total. The average molecular weight is 315 g/mol. The third-order valence-corrected chi connectivity index (χ3v) is 3.48. The highest BCUT2D eigenvalue weighted by Crippen LogP contribution is 2.26. The van der Waals surface area contributed by atoms with Crippen molar-refractivity contribution < 1.29 is 4.74 Å². The monoisotopic (exact) mass is 314 g/mol. The normalized spacial score (nSPS) is 10.7. The van der Waals surface area contributed by atoms with Crippen LogP contribution in [0.2, 0.25) is 0 Å². The van der Waals surface area contributed by atoms with Gasteiger partial charge in [0.15, 0.2) is 0 Å². The molecule has 0 heterocycles. The topological polar surface area (TPSA) is 24.5 Å². The van der Waals surface area contributed by atoms with E-state index in [0.29, 0.717) is 0 Å².